The summed E-state index contributed by atoms with van der Waals surface area (Å²) in [7, 11) is 2.49. The third-order valence-electron chi connectivity index (χ3n) is 3.15. The lowest BCUT2D eigenvalue weighted by atomic mass is 10.1. The van der Waals surface area contributed by atoms with E-state index in [1.807, 2.05) is 15.9 Å². The smallest absolute Gasteiger partial charge is 0.336 e. The largest absolute Gasteiger partial charge is 0.507 e. The van der Waals surface area contributed by atoms with Gasteiger partial charge in [0, 0.05) is 0 Å². The summed E-state index contributed by atoms with van der Waals surface area (Å²) >= 11 is 1.92. The number of aromatic nitrogens is 2. The highest BCUT2D eigenvalue weighted by molar-refractivity contribution is 9.10. The third kappa shape index (κ3) is 3.18. The molecule has 0 saturated carbocycles. The number of ether oxygens (including phenoxy) is 2. The van der Waals surface area contributed by atoms with E-state index in [4.69, 9.17) is 9.47 Å². The number of phenols is 1. The van der Waals surface area contributed by atoms with Crippen LogP contribution in [0.5, 0.6) is 17.2 Å². The summed E-state index contributed by atoms with van der Waals surface area (Å²) in [6.07, 6.45) is -1.82. The average molecular weight is 409 g/mol. The Balaban J connectivity index is 2.76. The summed E-state index contributed by atoms with van der Waals surface area (Å²) in [5.74, 6) is -0.978. The minimum Gasteiger partial charge on any atom is -0.507 e. The molecule has 24 heavy (non-hydrogen) atoms. The number of rotatable bonds is 5. The van der Waals surface area contributed by atoms with Gasteiger partial charge in [0.25, 0.3) is 0 Å². The molecule has 0 spiro atoms. The topological polar surface area (TPSA) is 73.6 Å². The Morgan fingerprint density at radius 1 is 1.33 bits per heavy atom. The van der Waals surface area contributed by atoms with Crippen LogP contribution in [0.1, 0.15) is 11.7 Å². The second kappa shape index (κ2) is 6.71. The predicted octanol–water partition coefficient (Wildman–Crippen LogP) is 2.95. The fourth-order valence-electron chi connectivity index (χ4n) is 2.08. The van der Waals surface area contributed by atoms with Gasteiger partial charge in [-0.15, -0.1) is 0 Å². The molecule has 1 heterocycles. The van der Waals surface area contributed by atoms with Crippen LogP contribution in [0.25, 0.3) is 5.69 Å². The molecule has 6 nitrogen and oxygen atoms in total. The molecule has 0 fully saturated rings. The van der Waals surface area contributed by atoms with Crippen LogP contribution in [-0.2, 0) is 0 Å². The third-order valence-corrected chi connectivity index (χ3v) is 3.56. The highest BCUT2D eigenvalue weighted by Crippen LogP contribution is 2.44. The molecule has 1 aromatic heterocycles. The molecule has 0 saturated heterocycles. The van der Waals surface area contributed by atoms with Crippen molar-refractivity contribution in [2.45, 2.75) is 11.0 Å². The molecule has 10 heteroatoms. The molecule has 2 rings (SSSR count). The molecule has 0 bridgehead atoms. The number of hydrogen-bond acceptors (Lipinski definition) is 5. The summed E-state index contributed by atoms with van der Waals surface area (Å²) in [6, 6.07) is 3.45. The maximum atomic E-state index is 14.2. The lowest BCUT2D eigenvalue weighted by Crippen LogP contribution is -2.25. The first-order valence-corrected chi connectivity index (χ1v) is 7.25. The van der Waals surface area contributed by atoms with Crippen molar-refractivity contribution in [1.82, 2.24) is 9.78 Å². The van der Waals surface area contributed by atoms with E-state index < -0.39 is 27.9 Å². The molecule has 1 N–H and O–H groups in total. The van der Waals surface area contributed by atoms with Gasteiger partial charge in [0.2, 0.25) is 11.9 Å². The van der Waals surface area contributed by atoms with E-state index in [9.17, 15) is 23.1 Å². The average Bonchev–Trinajstić information content (AvgIpc) is 2.52. The Kier molecular flexibility index (Phi) is 5.07. The van der Waals surface area contributed by atoms with Crippen LogP contribution >= 0.6 is 15.9 Å². The van der Waals surface area contributed by atoms with Gasteiger partial charge in [0.05, 0.1) is 31.7 Å². The fourth-order valence-corrected chi connectivity index (χ4v) is 2.31. The first kappa shape index (κ1) is 18.1. The number of hydrogen-bond donors (Lipinski definition) is 1. The molecule has 0 aliphatic carbocycles. The molecule has 0 radical (unpaired) electrons. The zero-order valence-electron chi connectivity index (χ0n) is 12.5. The molecule has 1 aromatic carbocycles. The number of phenolic OH excluding ortho intramolecular Hbond substituents is 1. The van der Waals surface area contributed by atoms with E-state index in [0.717, 1.165) is 12.3 Å². The van der Waals surface area contributed by atoms with Gasteiger partial charge in [-0.2, -0.15) is 18.6 Å². The van der Waals surface area contributed by atoms with Crippen LogP contribution in [0, 0.1) is 0 Å². The van der Waals surface area contributed by atoms with Gasteiger partial charge in [-0.05, 0) is 28.1 Å². The SMILES string of the molecule is COc1cnn(-c2cccc(O)c2C(F)C(F)(F)Br)c(=O)c1OC. The summed E-state index contributed by atoms with van der Waals surface area (Å²) in [5, 5.41) is 13.6. The van der Waals surface area contributed by atoms with Crippen molar-refractivity contribution in [3.63, 3.8) is 0 Å². The zero-order valence-corrected chi connectivity index (χ0v) is 14.1. The summed E-state index contributed by atoms with van der Waals surface area (Å²) in [4.78, 5) is 8.45. The van der Waals surface area contributed by atoms with Crippen molar-refractivity contribution in [3.8, 4) is 22.9 Å². The van der Waals surface area contributed by atoms with Crippen molar-refractivity contribution in [3.05, 3.63) is 40.3 Å². The Morgan fingerprint density at radius 3 is 2.54 bits per heavy atom. The summed E-state index contributed by atoms with van der Waals surface area (Å²) in [6.45, 7) is 0. The van der Waals surface area contributed by atoms with Crippen LogP contribution in [0.2, 0.25) is 0 Å². The first-order chi connectivity index (χ1) is 11.2. The van der Waals surface area contributed by atoms with E-state index in [2.05, 4.69) is 5.10 Å². The van der Waals surface area contributed by atoms with Crippen LogP contribution in [0.3, 0.4) is 0 Å². The highest BCUT2D eigenvalue weighted by atomic mass is 79.9. The number of nitrogens with zero attached hydrogens (tertiary/aromatic N) is 2. The number of methoxy groups -OCH3 is 2. The standard InChI is InChI=1S/C14H12BrF3N2O4/c1-23-9-6-19-20(13(22)11(9)24-2)7-4-3-5-8(21)10(7)12(16)14(15,17)18/h3-6,12,21H,1-2H3. The summed E-state index contributed by atoms with van der Waals surface area (Å²) in [5.41, 5.74) is -2.01. The van der Waals surface area contributed by atoms with Gasteiger partial charge < -0.3 is 14.6 Å². The van der Waals surface area contributed by atoms with Crippen LogP contribution in [0.4, 0.5) is 13.2 Å². The number of alkyl halides is 4. The lowest BCUT2D eigenvalue weighted by Gasteiger charge is -2.19. The maximum Gasteiger partial charge on any atom is 0.336 e. The molecule has 0 amide bonds. The number of aromatic hydroxyl groups is 1. The molecular formula is C14H12BrF3N2O4. The van der Waals surface area contributed by atoms with E-state index in [1.165, 1.54) is 26.4 Å². The van der Waals surface area contributed by atoms with Crippen LogP contribution < -0.4 is 15.0 Å². The van der Waals surface area contributed by atoms with Crippen molar-refractivity contribution >= 4 is 15.9 Å². The molecule has 1 atom stereocenters. The van der Waals surface area contributed by atoms with Gasteiger partial charge >= 0.3 is 10.4 Å². The minimum absolute atomic E-state index is 0.0167. The predicted molar refractivity (Wildman–Crippen MR) is 82.3 cm³/mol. The van der Waals surface area contributed by atoms with Crippen molar-refractivity contribution < 1.29 is 27.8 Å². The number of halogens is 4. The number of benzene rings is 1. The molecule has 0 aliphatic rings. The van der Waals surface area contributed by atoms with Gasteiger partial charge in [0.1, 0.15) is 5.75 Å². The van der Waals surface area contributed by atoms with E-state index in [-0.39, 0.29) is 17.2 Å². The highest BCUT2D eigenvalue weighted by Gasteiger charge is 2.41. The van der Waals surface area contributed by atoms with Gasteiger partial charge in [-0.3, -0.25) is 4.79 Å². The van der Waals surface area contributed by atoms with Gasteiger partial charge in [-0.25, -0.2) is 4.39 Å². The van der Waals surface area contributed by atoms with E-state index in [0.29, 0.717) is 4.68 Å². The quantitative estimate of drug-likeness (QED) is 0.769. The molecule has 130 valence electrons. The summed E-state index contributed by atoms with van der Waals surface area (Å²) < 4.78 is 51.3. The second-order valence-electron chi connectivity index (χ2n) is 4.58. The van der Waals surface area contributed by atoms with Crippen LogP contribution in [0.15, 0.2) is 29.2 Å². The van der Waals surface area contributed by atoms with Crippen molar-refractivity contribution in [2.24, 2.45) is 0 Å². The zero-order chi connectivity index (χ0) is 18.1. The van der Waals surface area contributed by atoms with Gasteiger partial charge in [0.15, 0.2) is 5.75 Å². The monoisotopic (exact) mass is 408 g/mol. The second-order valence-corrected chi connectivity index (χ2v) is 5.63. The molecule has 0 aliphatic heterocycles. The van der Waals surface area contributed by atoms with E-state index >= 15 is 0 Å². The van der Waals surface area contributed by atoms with E-state index in [1.54, 1.807) is 0 Å². The van der Waals surface area contributed by atoms with Crippen LogP contribution in [-0.4, -0.2) is 33.9 Å². The Bertz CT molecular complexity index is 808. The normalized spacial score (nSPS) is 12.8. The lowest BCUT2D eigenvalue weighted by molar-refractivity contribution is 0.0199. The van der Waals surface area contributed by atoms with Crippen molar-refractivity contribution in [2.75, 3.05) is 14.2 Å². The Morgan fingerprint density at radius 2 is 2.00 bits per heavy atom. The molecule has 1 unspecified atom stereocenters. The molecular weight excluding hydrogens is 397 g/mol. The Hall–Kier alpha value is -2.23. The minimum atomic E-state index is -3.96. The maximum absolute atomic E-state index is 14.2. The Labute approximate surface area is 142 Å². The fraction of sp³-hybridized carbons (Fsp3) is 0.286. The first-order valence-electron chi connectivity index (χ1n) is 6.45. The van der Waals surface area contributed by atoms with Gasteiger partial charge in [-0.1, -0.05) is 6.07 Å². The van der Waals surface area contributed by atoms with Crippen molar-refractivity contribution in [1.29, 1.82) is 0 Å². The molecule has 2 aromatic rings.